The highest BCUT2D eigenvalue weighted by Gasteiger charge is 1.94. The third kappa shape index (κ3) is 22.7. The molecule has 0 aromatic rings. The molecule has 6 N–H and O–H groups in total. The molecule has 92 valence electrons. The molecule has 0 aromatic carbocycles. The van der Waals surface area contributed by atoms with Crippen molar-refractivity contribution < 1.29 is 33.4 Å². The van der Waals surface area contributed by atoms with E-state index in [4.69, 9.17) is 33.4 Å². The van der Waals surface area contributed by atoms with Gasteiger partial charge in [-0.3, -0.25) is 0 Å². The van der Waals surface area contributed by atoms with E-state index in [1.807, 2.05) is 0 Å². The summed E-state index contributed by atoms with van der Waals surface area (Å²) >= 11 is 0. The Balaban J connectivity index is -0.0000000800. The van der Waals surface area contributed by atoms with Crippen LogP contribution in [0.4, 0.5) is 0 Å². The maximum atomic E-state index is 8.25. The maximum absolute atomic E-state index is 8.25. The van der Waals surface area contributed by atoms with Gasteiger partial charge in [-0.2, -0.15) is 13.5 Å². The van der Waals surface area contributed by atoms with E-state index in [-0.39, 0.29) is 20.9 Å². The number of aliphatic hydroxyl groups is 6. The first-order chi connectivity index (χ1) is 6.36. The molecule has 0 aliphatic heterocycles. The zero-order chi connectivity index (χ0) is 11.7. The summed E-state index contributed by atoms with van der Waals surface area (Å²) in [4.78, 5) is 0. The molecule has 0 bridgehead atoms. The van der Waals surface area contributed by atoms with Gasteiger partial charge in [-0.15, -0.1) is 0 Å². The summed E-state index contributed by atoms with van der Waals surface area (Å²) in [6.07, 6.45) is -2.64. The summed E-state index contributed by atoms with van der Waals surface area (Å²) in [6, 6.07) is 0. The average Bonchev–Trinajstić information content (AvgIpc) is 2.15. The molecule has 0 aliphatic rings. The Hall–Kier alpha value is 0.110. The fourth-order valence-electron chi connectivity index (χ4n) is 0.0943. The van der Waals surface area contributed by atoms with E-state index in [1.165, 1.54) is 0 Å². The van der Waals surface area contributed by atoms with Crippen molar-refractivity contribution >= 4 is 13.5 Å². The molecule has 6 nitrogen and oxygen atoms in total. The summed E-state index contributed by atoms with van der Waals surface area (Å²) in [7, 11) is 0. The number of hydrogen-bond acceptors (Lipinski definition) is 6. The van der Waals surface area contributed by atoms with Crippen molar-refractivity contribution in [2.45, 2.75) is 19.6 Å². The lowest BCUT2D eigenvalue weighted by Crippen LogP contribution is -2.15. The van der Waals surface area contributed by atoms with Gasteiger partial charge in [0.05, 0.1) is 29.1 Å². The fourth-order valence-corrected chi connectivity index (χ4v) is 0.0943. The minimum absolute atomic E-state index is 0. The lowest BCUT2D eigenvalue weighted by atomic mass is 11.0. The largest absolute Gasteiger partial charge is 0.394 e. The van der Waals surface area contributed by atoms with Crippen molar-refractivity contribution in [1.29, 1.82) is 0 Å². The van der Waals surface area contributed by atoms with E-state index in [0.717, 1.165) is 0 Å². The van der Waals surface area contributed by atoms with Crippen LogP contribution in [-0.2, 0) is 0 Å². The first-order valence-corrected chi connectivity index (χ1v) is 3.15. The van der Waals surface area contributed by atoms with Gasteiger partial charge >= 0.3 is 0 Å². The van der Waals surface area contributed by atoms with Crippen molar-refractivity contribution in [1.82, 2.24) is 0 Å². The van der Waals surface area contributed by atoms with E-state index < -0.39 is 38.6 Å². The predicted octanol–water partition coefficient (Wildman–Crippen LogP) is -2.59. The molecule has 0 aliphatic carbocycles. The van der Waals surface area contributed by atoms with Crippen LogP contribution in [-0.4, -0.2) is 69.2 Å². The Morgan fingerprint density at radius 1 is 0.857 bits per heavy atom. The molecule has 0 rings (SSSR count). The average molecular weight is 240 g/mol. The van der Waals surface area contributed by atoms with Crippen molar-refractivity contribution in [3.8, 4) is 0 Å². The third-order valence-corrected chi connectivity index (χ3v) is 0.718. The summed E-state index contributed by atoms with van der Waals surface area (Å²) in [5, 5.41) is 48.6. The van der Waals surface area contributed by atoms with Gasteiger partial charge in [0.2, 0.25) is 0 Å². The fraction of sp³-hybridized carbons (Fsp3) is 1.00. The van der Waals surface area contributed by atoms with E-state index in [9.17, 15) is 0 Å². The van der Waals surface area contributed by atoms with Gasteiger partial charge in [0, 0.05) is 0 Å². The van der Waals surface area contributed by atoms with Crippen LogP contribution in [0.15, 0.2) is 0 Å². The van der Waals surface area contributed by atoms with Gasteiger partial charge in [0.25, 0.3) is 0 Å². The first-order valence-electron chi connectivity index (χ1n) is 4.30. The minimum atomic E-state index is -1.58. The highest BCUT2D eigenvalue weighted by Crippen LogP contribution is 1.72. The molecule has 0 amide bonds. The van der Waals surface area contributed by atoms with Gasteiger partial charge in [0.1, 0.15) is 12.2 Å². The molecule has 0 saturated heterocycles. The molecular formula is C7H22O6S. The standard InChI is InChI=1S/2C3H8O3.CH4.H2S/c2*4-1-3(6)2-5;;/h2*3-6H,1-2H2;1H4;1H2/i2*1D,2+1,3+1;;/t2*1?,3-;;/m10../s1. The van der Waals surface area contributed by atoms with Crippen molar-refractivity contribution in [2.24, 2.45) is 0 Å². The van der Waals surface area contributed by atoms with E-state index in [0.29, 0.717) is 0 Å². The second-order valence-electron chi connectivity index (χ2n) is 1.80. The SMILES string of the molecule is C.S.[2H]C(O)[13C@@H](O)[13CH2]O.[2H]C(O)[13C@H](O)[13CH2]O. The van der Waals surface area contributed by atoms with Crippen molar-refractivity contribution in [3.05, 3.63) is 0 Å². The molecular weight excluding hydrogens is 216 g/mol. The second kappa shape index (κ2) is 18.8. The summed E-state index contributed by atoms with van der Waals surface area (Å²) < 4.78 is 12.7. The number of hydrogen-bond donors (Lipinski definition) is 6. The summed E-state index contributed by atoms with van der Waals surface area (Å²) in [5.41, 5.74) is 0. The van der Waals surface area contributed by atoms with Crippen LogP contribution in [0.2, 0.25) is 0 Å². The lowest BCUT2D eigenvalue weighted by Gasteiger charge is -1.96. The molecule has 0 aromatic heterocycles. The van der Waals surface area contributed by atoms with Gasteiger partial charge in [-0.05, 0) is 0 Å². The van der Waals surface area contributed by atoms with E-state index in [2.05, 4.69) is 0 Å². The van der Waals surface area contributed by atoms with Crippen LogP contribution in [0.1, 0.15) is 10.2 Å². The Labute approximate surface area is 93.7 Å². The Morgan fingerprint density at radius 3 is 1.07 bits per heavy atom. The normalized spacial score (nSPS) is 19.0. The van der Waals surface area contributed by atoms with Crippen LogP contribution < -0.4 is 0 Å². The van der Waals surface area contributed by atoms with Crippen LogP contribution in [0, 0.1) is 0 Å². The molecule has 0 fully saturated rings. The number of rotatable bonds is 4. The second-order valence-corrected chi connectivity index (χ2v) is 1.80. The smallest absolute Gasteiger partial charge is 0.100 e. The van der Waals surface area contributed by atoms with Gasteiger partial charge in [0.15, 0.2) is 0 Å². The Kier molecular flexibility index (Phi) is 22.2. The first kappa shape index (κ1) is 16.5. The quantitative estimate of drug-likeness (QED) is 0.300. The molecule has 7 heteroatoms. The zero-order valence-electron chi connectivity index (χ0n) is 8.91. The maximum Gasteiger partial charge on any atom is 0.100 e. The topological polar surface area (TPSA) is 121 Å². The summed E-state index contributed by atoms with van der Waals surface area (Å²) in [5.74, 6) is 0. The number of aliphatic hydroxyl groups excluding tert-OH is 6. The Morgan fingerprint density at radius 2 is 1.07 bits per heavy atom. The van der Waals surface area contributed by atoms with E-state index >= 15 is 0 Å². The predicted molar refractivity (Wildman–Crippen MR) is 57.5 cm³/mol. The molecule has 4 atom stereocenters. The van der Waals surface area contributed by atoms with Gasteiger partial charge < -0.3 is 30.6 Å². The monoisotopic (exact) mass is 240 g/mol. The van der Waals surface area contributed by atoms with Crippen molar-refractivity contribution in [2.75, 3.05) is 26.4 Å². The van der Waals surface area contributed by atoms with Crippen molar-refractivity contribution in [3.63, 3.8) is 0 Å². The molecule has 0 heterocycles. The van der Waals surface area contributed by atoms with E-state index in [1.54, 1.807) is 0 Å². The molecule has 2 unspecified atom stereocenters. The van der Waals surface area contributed by atoms with Crippen LogP contribution >= 0.6 is 13.5 Å². The molecule has 0 spiro atoms. The summed E-state index contributed by atoms with van der Waals surface area (Å²) in [6.45, 7) is -4.29. The molecule has 0 radical (unpaired) electrons. The zero-order valence-corrected chi connectivity index (χ0v) is 7.91. The van der Waals surface area contributed by atoms with Gasteiger partial charge in [-0.25, -0.2) is 0 Å². The highest BCUT2D eigenvalue weighted by atomic mass is 32.1. The van der Waals surface area contributed by atoms with Crippen LogP contribution in [0.25, 0.3) is 0 Å². The molecule has 0 saturated carbocycles. The third-order valence-electron chi connectivity index (χ3n) is 0.718. The van der Waals surface area contributed by atoms with Crippen LogP contribution in [0.5, 0.6) is 0 Å². The van der Waals surface area contributed by atoms with Crippen LogP contribution in [0.3, 0.4) is 0 Å². The Bertz CT molecular complexity index is 115. The molecule has 14 heavy (non-hydrogen) atoms. The van der Waals surface area contributed by atoms with Gasteiger partial charge in [-0.1, -0.05) is 7.43 Å². The minimum Gasteiger partial charge on any atom is -0.394 e. The highest BCUT2D eigenvalue weighted by molar-refractivity contribution is 7.59. The lowest BCUT2D eigenvalue weighted by molar-refractivity contribution is 0.0450.